The molecule has 0 radical (unpaired) electrons. The topological polar surface area (TPSA) is 160 Å². The van der Waals surface area contributed by atoms with E-state index < -0.39 is 42.5 Å². The molecule has 10 heteroatoms. The molecular weight excluding hydrogens is 412 g/mol. The van der Waals surface area contributed by atoms with Crippen LogP contribution in [0.5, 0.6) is 0 Å². The van der Waals surface area contributed by atoms with E-state index in [2.05, 4.69) is 0 Å². The predicted octanol–water partition coefficient (Wildman–Crippen LogP) is 0.859. The van der Waals surface area contributed by atoms with Crippen molar-refractivity contribution in [1.82, 2.24) is 0 Å². The summed E-state index contributed by atoms with van der Waals surface area (Å²) in [5.41, 5.74) is -2.26. The number of unbranched alkanes of at least 4 members (excludes halogenated alkanes) is 3. The van der Waals surface area contributed by atoms with Crippen LogP contribution in [0.4, 0.5) is 0 Å². The number of ether oxygens (including phenoxy) is 3. The Kier molecular flexibility index (Phi) is 20.5. The van der Waals surface area contributed by atoms with E-state index in [1.165, 1.54) is 0 Å². The maximum absolute atomic E-state index is 12.2. The van der Waals surface area contributed by atoms with Gasteiger partial charge in [0.2, 0.25) is 0 Å². The SMILES string of the molecule is CCCCOC(=O)CC(O)(CC(=O)OCCCC)C(=O)OCCCC.OCC(O)CO. The molecule has 4 N–H and O–H groups in total. The fraction of sp³-hybridized carbons (Fsp3) is 0.857. The van der Waals surface area contributed by atoms with Gasteiger partial charge >= 0.3 is 17.9 Å². The minimum Gasteiger partial charge on any atom is -0.466 e. The molecule has 0 aromatic rings. The first-order chi connectivity index (χ1) is 14.7. The predicted molar refractivity (Wildman–Crippen MR) is 112 cm³/mol. The van der Waals surface area contributed by atoms with E-state index in [-0.39, 0.29) is 33.0 Å². The van der Waals surface area contributed by atoms with Crippen molar-refractivity contribution >= 4 is 17.9 Å². The molecule has 0 aromatic carbocycles. The summed E-state index contributed by atoms with van der Waals surface area (Å²) in [4.78, 5) is 35.9. The molecule has 0 aromatic heterocycles. The zero-order valence-corrected chi connectivity index (χ0v) is 19.0. The highest BCUT2D eigenvalue weighted by Crippen LogP contribution is 2.20. The third-order valence-corrected chi connectivity index (χ3v) is 3.93. The van der Waals surface area contributed by atoms with Gasteiger partial charge in [-0.1, -0.05) is 40.0 Å². The van der Waals surface area contributed by atoms with Crippen molar-refractivity contribution in [3.8, 4) is 0 Å². The van der Waals surface area contributed by atoms with Gasteiger partial charge in [0.25, 0.3) is 0 Å². The van der Waals surface area contributed by atoms with E-state index in [4.69, 9.17) is 29.5 Å². The lowest BCUT2D eigenvalue weighted by Gasteiger charge is -2.24. The molecule has 0 saturated heterocycles. The smallest absolute Gasteiger partial charge is 0.339 e. The Hall–Kier alpha value is -1.75. The lowest BCUT2D eigenvalue weighted by Crippen LogP contribution is -2.45. The van der Waals surface area contributed by atoms with Gasteiger partial charge < -0.3 is 34.6 Å². The molecule has 0 fully saturated rings. The van der Waals surface area contributed by atoms with E-state index in [0.717, 1.165) is 19.3 Å². The van der Waals surface area contributed by atoms with Gasteiger partial charge in [-0.15, -0.1) is 0 Å². The zero-order valence-electron chi connectivity index (χ0n) is 19.0. The fourth-order valence-electron chi connectivity index (χ4n) is 1.95. The second kappa shape index (κ2) is 20.2. The summed E-state index contributed by atoms with van der Waals surface area (Å²) < 4.78 is 14.9. The number of hydrogen-bond donors (Lipinski definition) is 4. The summed E-state index contributed by atoms with van der Waals surface area (Å²) in [6.45, 7) is 5.62. The molecule has 0 atom stereocenters. The largest absolute Gasteiger partial charge is 0.466 e. The Bertz CT molecular complexity index is 453. The minimum absolute atomic E-state index is 0.118. The number of aliphatic hydroxyl groups excluding tert-OH is 3. The van der Waals surface area contributed by atoms with Crippen LogP contribution in [0.2, 0.25) is 0 Å². The van der Waals surface area contributed by atoms with Gasteiger partial charge in [-0.05, 0) is 19.3 Å². The summed E-state index contributed by atoms with van der Waals surface area (Å²) in [5.74, 6) is -2.49. The number of esters is 3. The highest BCUT2D eigenvalue weighted by molar-refractivity contribution is 5.90. The highest BCUT2D eigenvalue weighted by atomic mass is 16.6. The number of carbonyl (C=O) groups excluding carboxylic acids is 3. The Balaban J connectivity index is 0. The number of hydrogen-bond acceptors (Lipinski definition) is 10. The van der Waals surface area contributed by atoms with Crippen molar-refractivity contribution in [2.45, 2.75) is 83.8 Å². The quantitative estimate of drug-likeness (QED) is 0.150. The van der Waals surface area contributed by atoms with Gasteiger partial charge in [-0.3, -0.25) is 9.59 Å². The van der Waals surface area contributed by atoms with Gasteiger partial charge in [0.15, 0.2) is 5.60 Å². The van der Waals surface area contributed by atoms with Crippen LogP contribution in [0.15, 0.2) is 0 Å². The van der Waals surface area contributed by atoms with Gasteiger partial charge in [-0.25, -0.2) is 4.79 Å². The molecule has 0 heterocycles. The third-order valence-electron chi connectivity index (χ3n) is 3.93. The van der Waals surface area contributed by atoms with Gasteiger partial charge in [0.05, 0.1) is 45.9 Å². The van der Waals surface area contributed by atoms with Crippen LogP contribution in [0, 0.1) is 0 Å². The van der Waals surface area contributed by atoms with E-state index in [1.54, 1.807) is 0 Å². The molecular formula is C21H40O10. The van der Waals surface area contributed by atoms with Gasteiger partial charge in [-0.2, -0.15) is 0 Å². The van der Waals surface area contributed by atoms with E-state index in [0.29, 0.717) is 19.3 Å². The molecule has 10 nitrogen and oxygen atoms in total. The molecule has 0 amide bonds. The van der Waals surface area contributed by atoms with Gasteiger partial charge in [0.1, 0.15) is 6.10 Å². The molecule has 0 aliphatic rings. The second-order valence-electron chi connectivity index (χ2n) is 7.04. The van der Waals surface area contributed by atoms with Crippen molar-refractivity contribution in [2.24, 2.45) is 0 Å². The summed E-state index contributed by atoms with van der Waals surface area (Å²) in [6, 6.07) is 0. The Morgan fingerprint density at radius 1 is 0.742 bits per heavy atom. The van der Waals surface area contributed by atoms with E-state index in [1.807, 2.05) is 20.8 Å². The molecule has 0 spiro atoms. The van der Waals surface area contributed by atoms with Crippen LogP contribution in [0.1, 0.15) is 72.1 Å². The average Bonchev–Trinajstić information content (AvgIpc) is 2.73. The lowest BCUT2D eigenvalue weighted by molar-refractivity contribution is -0.178. The van der Waals surface area contributed by atoms with Crippen LogP contribution in [-0.4, -0.2) is 83.1 Å². The monoisotopic (exact) mass is 452 g/mol. The van der Waals surface area contributed by atoms with Crippen molar-refractivity contribution < 1.29 is 49.0 Å². The van der Waals surface area contributed by atoms with Gasteiger partial charge in [0, 0.05) is 0 Å². The molecule has 0 rings (SSSR count). The fourth-order valence-corrected chi connectivity index (χ4v) is 1.95. The maximum atomic E-state index is 12.2. The number of carbonyl (C=O) groups is 3. The number of aliphatic hydroxyl groups is 4. The zero-order chi connectivity index (χ0) is 24.1. The normalized spacial score (nSPS) is 10.8. The Morgan fingerprint density at radius 3 is 1.39 bits per heavy atom. The standard InChI is InChI=1S/C18H32O7.C3H8O3/c1-4-7-10-23-15(19)13-18(22,17(21)25-12-9-6-3)14-16(20)24-11-8-5-2;4-1-3(6)2-5/h22H,4-14H2,1-3H3;3-6H,1-2H2. The molecule has 0 unspecified atom stereocenters. The summed E-state index contributed by atoms with van der Waals surface area (Å²) in [7, 11) is 0. The molecule has 0 bridgehead atoms. The third kappa shape index (κ3) is 17.6. The van der Waals surface area contributed by atoms with Crippen molar-refractivity contribution in [3.63, 3.8) is 0 Å². The van der Waals surface area contributed by atoms with Crippen LogP contribution in [0.25, 0.3) is 0 Å². The van der Waals surface area contributed by atoms with Crippen molar-refractivity contribution in [2.75, 3.05) is 33.0 Å². The van der Waals surface area contributed by atoms with Crippen LogP contribution < -0.4 is 0 Å². The molecule has 0 aliphatic heterocycles. The van der Waals surface area contributed by atoms with E-state index >= 15 is 0 Å². The molecule has 31 heavy (non-hydrogen) atoms. The lowest BCUT2D eigenvalue weighted by atomic mass is 9.95. The Morgan fingerprint density at radius 2 is 1.10 bits per heavy atom. The number of rotatable bonds is 16. The first kappa shape index (κ1) is 31.4. The average molecular weight is 453 g/mol. The summed E-state index contributed by atoms with van der Waals surface area (Å²) >= 11 is 0. The van der Waals surface area contributed by atoms with Crippen LogP contribution in [-0.2, 0) is 28.6 Å². The maximum Gasteiger partial charge on any atom is 0.339 e. The summed E-state index contributed by atoms with van der Waals surface area (Å²) in [6.07, 6.45) is 2.28. The van der Waals surface area contributed by atoms with E-state index in [9.17, 15) is 19.5 Å². The highest BCUT2D eigenvalue weighted by Gasteiger charge is 2.43. The second-order valence-corrected chi connectivity index (χ2v) is 7.04. The Labute approximate surface area is 184 Å². The van der Waals surface area contributed by atoms with Crippen molar-refractivity contribution in [1.29, 1.82) is 0 Å². The van der Waals surface area contributed by atoms with Crippen LogP contribution in [0.3, 0.4) is 0 Å². The minimum atomic E-state index is -2.26. The summed E-state index contributed by atoms with van der Waals surface area (Å²) in [5, 5.41) is 34.6. The van der Waals surface area contributed by atoms with Crippen molar-refractivity contribution in [3.05, 3.63) is 0 Å². The van der Waals surface area contributed by atoms with Crippen LogP contribution >= 0.6 is 0 Å². The molecule has 184 valence electrons. The first-order valence-corrected chi connectivity index (χ1v) is 10.8. The molecule has 0 saturated carbocycles. The molecule has 0 aliphatic carbocycles. The first-order valence-electron chi connectivity index (χ1n) is 10.8.